The number of halogens is 2. The van der Waals surface area contributed by atoms with Gasteiger partial charge in [0.25, 0.3) is 10.0 Å². The lowest BCUT2D eigenvalue weighted by Crippen LogP contribution is -2.52. The van der Waals surface area contributed by atoms with Crippen LogP contribution in [0.15, 0.2) is 0 Å². The molecule has 1 N–H and O–H groups in total. The van der Waals surface area contributed by atoms with E-state index in [0.29, 0.717) is 24.7 Å². The Labute approximate surface area is 113 Å². The number of sulfonamides is 1. The van der Waals surface area contributed by atoms with Crippen molar-refractivity contribution in [2.45, 2.75) is 50.7 Å². The highest BCUT2D eigenvalue weighted by atomic mass is 32.2. The Hall–Kier alpha value is -0.230. The Balaban J connectivity index is 1.71. The summed E-state index contributed by atoms with van der Waals surface area (Å²) in [5.74, 6) is 2.08. The van der Waals surface area contributed by atoms with Crippen LogP contribution in [0.1, 0.15) is 45.4 Å². The van der Waals surface area contributed by atoms with Crippen molar-refractivity contribution < 1.29 is 17.2 Å². The number of alkyl halides is 2. The van der Waals surface area contributed by atoms with Gasteiger partial charge < -0.3 is 0 Å². The molecular weight excluding hydrogens is 272 g/mol. The van der Waals surface area contributed by atoms with Crippen LogP contribution in [0.25, 0.3) is 0 Å². The van der Waals surface area contributed by atoms with Crippen molar-refractivity contribution >= 4 is 10.0 Å². The van der Waals surface area contributed by atoms with Gasteiger partial charge in [0.1, 0.15) is 0 Å². The van der Waals surface area contributed by atoms with Crippen LogP contribution in [-0.2, 0) is 10.0 Å². The molecule has 4 aliphatic carbocycles. The second-order valence-corrected chi connectivity index (χ2v) is 9.06. The van der Waals surface area contributed by atoms with E-state index in [0.717, 1.165) is 19.3 Å². The van der Waals surface area contributed by atoms with E-state index in [1.807, 2.05) is 0 Å². The molecule has 0 aliphatic heterocycles. The van der Waals surface area contributed by atoms with E-state index in [2.05, 4.69) is 4.72 Å². The lowest BCUT2D eigenvalue weighted by Gasteiger charge is -2.56. The zero-order valence-electron chi connectivity index (χ0n) is 11.2. The van der Waals surface area contributed by atoms with Crippen molar-refractivity contribution in [3.63, 3.8) is 0 Å². The highest BCUT2D eigenvalue weighted by molar-refractivity contribution is 7.90. The van der Waals surface area contributed by atoms with Gasteiger partial charge in [-0.25, -0.2) is 13.1 Å². The Kier molecular flexibility index (Phi) is 2.99. The van der Waals surface area contributed by atoms with Gasteiger partial charge >= 0.3 is 5.25 Å². The van der Waals surface area contributed by atoms with Gasteiger partial charge in [-0.15, -0.1) is 0 Å². The standard InChI is InChI=1S/C13H21F2NO2S/c1-12(14,15)19(17,18)16-8-13-5-9-2-10(6-13)4-11(3-9)7-13/h9-11,16H,2-8H2,1H3. The molecule has 0 atom stereocenters. The van der Waals surface area contributed by atoms with Crippen molar-refractivity contribution in [3.05, 3.63) is 0 Å². The molecule has 4 aliphatic rings. The fraction of sp³-hybridized carbons (Fsp3) is 1.00. The summed E-state index contributed by atoms with van der Waals surface area (Å²) in [6.45, 7) is 0.636. The third-order valence-corrected chi connectivity index (χ3v) is 6.74. The molecular formula is C13H21F2NO2S. The van der Waals surface area contributed by atoms with Gasteiger partial charge in [-0.05, 0) is 61.7 Å². The molecule has 6 heteroatoms. The molecule has 0 spiro atoms. The van der Waals surface area contributed by atoms with Crippen molar-refractivity contribution in [2.75, 3.05) is 6.54 Å². The van der Waals surface area contributed by atoms with Gasteiger partial charge in [0.2, 0.25) is 0 Å². The van der Waals surface area contributed by atoms with E-state index < -0.39 is 15.3 Å². The minimum absolute atomic E-state index is 0.0485. The number of nitrogens with one attached hydrogen (secondary N) is 1. The van der Waals surface area contributed by atoms with Crippen LogP contribution in [-0.4, -0.2) is 20.2 Å². The van der Waals surface area contributed by atoms with Crippen LogP contribution < -0.4 is 4.72 Å². The van der Waals surface area contributed by atoms with Crippen molar-refractivity contribution in [2.24, 2.45) is 23.2 Å². The summed E-state index contributed by atoms with van der Waals surface area (Å²) in [7, 11) is -4.52. The molecule has 4 bridgehead atoms. The van der Waals surface area contributed by atoms with Crippen LogP contribution in [0.2, 0.25) is 0 Å². The molecule has 0 radical (unpaired) electrons. The van der Waals surface area contributed by atoms with Crippen LogP contribution in [0.5, 0.6) is 0 Å². The summed E-state index contributed by atoms with van der Waals surface area (Å²) in [5, 5.41) is -3.70. The van der Waals surface area contributed by atoms with E-state index in [-0.39, 0.29) is 12.0 Å². The van der Waals surface area contributed by atoms with Crippen LogP contribution >= 0.6 is 0 Å². The number of hydrogen-bond acceptors (Lipinski definition) is 2. The molecule has 3 nitrogen and oxygen atoms in total. The Morgan fingerprint density at radius 3 is 1.89 bits per heavy atom. The molecule has 0 aromatic carbocycles. The summed E-state index contributed by atoms with van der Waals surface area (Å²) < 4.78 is 51.2. The normalized spacial score (nSPS) is 41.7. The minimum Gasteiger partial charge on any atom is -0.209 e. The molecule has 0 amide bonds. The molecule has 4 saturated carbocycles. The van der Waals surface area contributed by atoms with E-state index in [4.69, 9.17) is 0 Å². The monoisotopic (exact) mass is 293 g/mol. The zero-order chi connectivity index (χ0) is 13.9. The fourth-order valence-electron chi connectivity index (χ4n) is 4.88. The number of rotatable bonds is 4. The maximum Gasteiger partial charge on any atom is 0.356 e. The average molecular weight is 293 g/mol. The Morgan fingerprint density at radius 2 is 1.53 bits per heavy atom. The maximum atomic E-state index is 13.0. The van der Waals surface area contributed by atoms with Gasteiger partial charge in [-0.3, -0.25) is 0 Å². The van der Waals surface area contributed by atoms with Gasteiger partial charge in [-0.1, -0.05) is 0 Å². The van der Waals surface area contributed by atoms with E-state index in [9.17, 15) is 17.2 Å². The van der Waals surface area contributed by atoms with Gasteiger partial charge in [0.15, 0.2) is 0 Å². The minimum atomic E-state index is -4.52. The quantitative estimate of drug-likeness (QED) is 0.866. The molecule has 0 unspecified atom stereocenters. The second kappa shape index (κ2) is 4.13. The SMILES string of the molecule is CC(F)(F)S(=O)(=O)NCC12CC3CC(CC(C3)C1)C2. The molecule has 110 valence electrons. The zero-order valence-corrected chi connectivity index (χ0v) is 12.0. The second-order valence-electron chi connectivity index (χ2n) is 7.05. The third-order valence-electron chi connectivity index (χ3n) is 5.27. The summed E-state index contributed by atoms with van der Waals surface area (Å²) in [5.41, 5.74) is -0.0485. The average Bonchev–Trinajstić information content (AvgIpc) is 2.23. The first kappa shape index (κ1) is 13.7. The Bertz CT molecular complexity index is 434. The highest BCUT2D eigenvalue weighted by Crippen LogP contribution is 2.59. The molecule has 0 aromatic heterocycles. The smallest absolute Gasteiger partial charge is 0.209 e. The summed E-state index contributed by atoms with van der Waals surface area (Å²) in [6, 6.07) is 0. The predicted molar refractivity (Wildman–Crippen MR) is 68.1 cm³/mol. The Morgan fingerprint density at radius 1 is 1.11 bits per heavy atom. The first-order valence-corrected chi connectivity index (χ1v) is 8.54. The topological polar surface area (TPSA) is 46.2 Å². The summed E-state index contributed by atoms with van der Waals surface area (Å²) in [6.07, 6.45) is 6.81. The highest BCUT2D eigenvalue weighted by Gasteiger charge is 2.51. The van der Waals surface area contributed by atoms with Gasteiger partial charge in [0.05, 0.1) is 0 Å². The maximum absolute atomic E-state index is 13.0. The molecule has 4 rings (SSSR count). The number of hydrogen-bond donors (Lipinski definition) is 1. The lowest BCUT2D eigenvalue weighted by molar-refractivity contribution is -0.0490. The third kappa shape index (κ3) is 2.42. The summed E-state index contributed by atoms with van der Waals surface area (Å²) >= 11 is 0. The van der Waals surface area contributed by atoms with E-state index in [1.54, 1.807) is 0 Å². The van der Waals surface area contributed by atoms with Gasteiger partial charge in [-0.2, -0.15) is 8.78 Å². The first-order valence-electron chi connectivity index (χ1n) is 7.06. The predicted octanol–water partition coefficient (Wildman–Crippen LogP) is 2.73. The molecule has 4 fully saturated rings. The fourth-order valence-corrected chi connectivity index (χ4v) is 5.63. The van der Waals surface area contributed by atoms with Crippen LogP contribution in [0.4, 0.5) is 8.78 Å². The molecule has 0 aromatic rings. The molecule has 0 saturated heterocycles. The van der Waals surface area contributed by atoms with Crippen molar-refractivity contribution in [3.8, 4) is 0 Å². The van der Waals surface area contributed by atoms with E-state index >= 15 is 0 Å². The van der Waals surface area contributed by atoms with Crippen LogP contribution in [0, 0.1) is 23.2 Å². The largest absolute Gasteiger partial charge is 0.356 e. The molecule has 0 heterocycles. The van der Waals surface area contributed by atoms with E-state index in [1.165, 1.54) is 19.3 Å². The molecule has 19 heavy (non-hydrogen) atoms. The first-order chi connectivity index (χ1) is 8.69. The van der Waals surface area contributed by atoms with Gasteiger partial charge in [0, 0.05) is 13.5 Å². The van der Waals surface area contributed by atoms with Crippen molar-refractivity contribution in [1.29, 1.82) is 0 Å². The lowest BCUT2D eigenvalue weighted by atomic mass is 9.50. The van der Waals surface area contributed by atoms with Crippen molar-refractivity contribution in [1.82, 2.24) is 4.72 Å². The van der Waals surface area contributed by atoms with Crippen LogP contribution in [0.3, 0.4) is 0 Å². The summed E-state index contributed by atoms with van der Waals surface area (Å²) in [4.78, 5) is 0.